The third-order valence-electron chi connectivity index (χ3n) is 12.3. The predicted octanol–water partition coefficient (Wildman–Crippen LogP) is 3.88. The average molecular weight is 804 g/mol. The molecule has 1 aliphatic carbocycles. The van der Waals surface area contributed by atoms with E-state index in [1.54, 1.807) is 24.3 Å². The molecule has 3 aliphatic heterocycles. The molecule has 6 rings (SSSR count). The van der Waals surface area contributed by atoms with Crippen LogP contribution >= 0.6 is 0 Å². The van der Waals surface area contributed by atoms with Crippen LogP contribution in [-0.2, 0) is 29.6 Å². The largest absolute Gasteiger partial charge is 0.453 e. The first-order valence-electron chi connectivity index (χ1n) is 19.2. The van der Waals surface area contributed by atoms with Crippen molar-refractivity contribution in [2.45, 2.75) is 78.6 Å². The zero-order chi connectivity index (χ0) is 40.5. The van der Waals surface area contributed by atoms with Crippen molar-refractivity contribution >= 4 is 33.4 Å². The molecule has 1 unspecified atom stereocenters. The summed E-state index contributed by atoms with van der Waals surface area (Å²) < 4.78 is 75.6. The van der Waals surface area contributed by atoms with Gasteiger partial charge in [0.05, 0.1) is 23.8 Å². The van der Waals surface area contributed by atoms with Gasteiger partial charge in [0.1, 0.15) is 11.4 Å². The third-order valence-corrected chi connectivity index (χ3v) is 14.4. The van der Waals surface area contributed by atoms with E-state index in [1.807, 2.05) is 11.0 Å². The molecule has 4 atom stereocenters. The molecule has 0 aromatic heterocycles. The van der Waals surface area contributed by atoms with Gasteiger partial charge >= 0.3 is 6.09 Å². The lowest BCUT2D eigenvalue weighted by Gasteiger charge is -2.53. The van der Waals surface area contributed by atoms with E-state index < -0.39 is 57.0 Å². The van der Waals surface area contributed by atoms with Crippen molar-refractivity contribution in [2.75, 3.05) is 64.4 Å². The Morgan fingerprint density at radius 1 is 1.05 bits per heavy atom. The number of nitrogens with one attached hydrogen (secondary N) is 2. The quantitative estimate of drug-likeness (QED) is 0.272. The number of aliphatic hydroxyl groups is 1. The van der Waals surface area contributed by atoms with E-state index in [1.165, 1.54) is 32.2 Å². The number of carbonyl (C=O) groups excluding carboxylic acids is 3. The number of sulfone groups is 1. The summed E-state index contributed by atoms with van der Waals surface area (Å²) in [5.41, 5.74) is -0.272. The van der Waals surface area contributed by atoms with Crippen LogP contribution in [0.2, 0.25) is 0 Å². The van der Waals surface area contributed by atoms with Crippen LogP contribution in [0.25, 0.3) is 0 Å². The molecule has 12 nitrogen and oxygen atoms in total. The molecule has 0 bridgehead atoms. The van der Waals surface area contributed by atoms with E-state index in [-0.39, 0.29) is 47.6 Å². The van der Waals surface area contributed by atoms with Crippen LogP contribution in [0.3, 0.4) is 0 Å². The fourth-order valence-electron chi connectivity index (χ4n) is 9.70. The molecule has 16 heteroatoms. The van der Waals surface area contributed by atoms with Gasteiger partial charge in [-0.2, -0.15) is 0 Å². The minimum absolute atomic E-state index is 0.0187. The normalized spacial score (nSPS) is 25.1. The number of alkyl carbamates (subject to hydrolysis) is 1. The second-order valence-electron chi connectivity index (χ2n) is 16.0. The summed E-state index contributed by atoms with van der Waals surface area (Å²) in [4.78, 5) is 41.7. The first-order chi connectivity index (χ1) is 26.5. The maximum atomic E-state index is 14.9. The number of amides is 3. The van der Waals surface area contributed by atoms with E-state index in [4.69, 9.17) is 4.74 Å². The van der Waals surface area contributed by atoms with Gasteiger partial charge in [0.25, 0.3) is 5.92 Å². The number of β-amino-alcohol motifs (C(OH)–C–C–N with tert-alkyl or cyclic N) is 1. The number of hydrogen-bond donors (Lipinski definition) is 3. The van der Waals surface area contributed by atoms with Crippen LogP contribution in [0, 0.1) is 17.7 Å². The standard InChI is InChI=1S/C40H52F3N5O7S/c1-4-36(50)47-21-33(20-39(42,43)26-47)56(53,54)32-13-11-31(12-14-32)48-24-38(52,25-48)23-46-17-15-28(16-18-46)40(22-44-27(2)49,29-7-5-8-30(41)19-29)34-9-6-10-35(34)45-37(51)55-3/h4-5,7-8,11-14,19,28,33-35,52H,1,6,9-10,15-18,20-26H2,2-3H3,(H,44,49)(H,45,51)/t33-,34+,35+,40?/m1/s1. The summed E-state index contributed by atoms with van der Waals surface area (Å²) in [6.07, 6.45) is 3.26. The zero-order valence-corrected chi connectivity index (χ0v) is 32.7. The molecular formula is C40H52F3N5O7S. The van der Waals surface area contributed by atoms with Crippen LogP contribution in [-0.4, -0.2) is 124 Å². The Kier molecular flexibility index (Phi) is 12.1. The van der Waals surface area contributed by atoms with Crippen LogP contribution in [0.4, 0.5) is 23.7 Å². The number of nitrogens with zero attached hydrogens (tertiary/aromatic N) is 3. The van der Waals surface area contributed by atoms with E-state index in [0.29, 0.717) is 51.3 Å². The molecular weight excluding hydrogens is 752 g/mol. The lowest BCUT2D eigenvalue weighted by Crippen LogP contribution is -2.67. The number of halogens is 3. The Bertz CT molecular complexity index is 1890. The fourth-order valence-corrected chi connectivity index (χ4v) is 11.4. The minimum Gasteiger partial charge on any atom is -0.453 e. The summed E-state index contributed by atoms with van der Waals surface area (Å²) in [6.45, 7) is 6.14. The fraction of sp³-hybridized carbons (Fsp3) is 0.575. The number of piperidine rings is 2. The zero-order valence-electron chi connectivity index (χ0n) is 31.9. The molecule has 0 radical (unpaired) electrons. The van der Waals surface area contributed by atoms with Crippen molar-refractivity contribution in [2.24, 2.45) is 11.8 Å². The number of likely N-dealkylation sites (tertiary alicyclic amines) is 2. The predicted molar refractivity (Wildman–Crippen MR) is 204 cm³/mol. The molecule has 4 aliphatic rings. The highest BCUT2D eigenvalue weighted by atomic mass is 32.2. The van der Waals surface area contributed by atoms with Gasteiger partial charge in [0, 0.05) is 63.2 Å². The maximum absolute atomic E-state index is 14.9. The van der Waals surface area contributed by atoms with Crippen LogP contribution in [0.1, 0.15) is 51.0 Å². The smallest absolute Gasteiger partial charge is 0.407 e. The Hall–Kier alpha value is -4.15. The van der Waals surface area contributed by atoms with Crippen molar-refractivity contribution in [1.29, 1.82) is 0 Å². The molecule has 1 saturated carbocycles. The molecule has 306 valence electrons. The highest BCUT2D eigenvalue weighted by Crippen LogP contribution is 2.50. The summed E-state index contributed by atoms with van der Waals surface area (Å²) in [5, 5.41) is 16.1. The van der Waals surface area contributed by atoms with E-state index >= 15 is 0 Å². The van der Waals surface area contributed by atoms with Crippen molar-refractivity contribution < 1.29 is 45.8 Å². The van der Waals surface area contributed by atoms with Gasteiger partial charge in [0.15, 0.2) is 9.84 Å². The Morgan fingerprint density at radius 3 is 2.38 bits per heavy atom. The van der Waals surface area contributed by atoms with Crippen molar-refractivity contribution in [3.05, 3.63) is 72.6 Å². The number of methoxy groups -OCH3 is 1. The third kappa shape index (κ3) is 8.71. The summed E-state index contributed by atoms with van der Waals surface area (Å²) in [7, 11) is -2.87. The van der Waals surface area contributed by atoms with Crippen LogP contribution in [0.5, 0.6) is 0 Å². The Labute approximate surface area is 326 Å². The Balaban J connectivity index is 1.11. The summed E-state index contributed by atoms with van der Waals surface area (Å²) in [5.74, 6) is -4.76. The number of benzene rings is 2. The topological polar surface area (TPSA) is 149 Å². The van der Waals surface area contributed by atoms with Crippen LogP contribution in [0.15, 0.2) is 66.1 Å². The number of ether oxygens (including phenoxy) is 1. The van der Waals surface area contributed by atoms with Gasteiger partial charge in [-0.25, -0.2) is 26.4 Å². The molecule has 3 N–H and O–H groups in total. The van der Waals surface area contributed by atoms with E-state index in [0.717, 1.165) is 35.8 Å². The second kappa shape index (κ2) is 16.4. The minimum atomic E-state index is -4.19. The second-order valence-corrected chi connectivity index (χ2v) is 18.2. The van der Waals surface area contributed by atoms with Crippen molar-refractivity contribution in [1.82, 2.24) is 20.4 Å². The van der Waals surface area contributed by atoms with Gasteiger partial charge in [0.2, 0.25) is 11.8 Å². The SMILES string of the molecule is C=CC(=O)N1C[C@H](S(=O)(=O)c2ccc(N3CC(O)(CN4CCC(C(CNC(C)=O)(c5cccc(F)c5)[C@H]5CCC[C@@H]5NC(=O)OC)CC4)C3)cc2)CC(F)(F)C1. The average Bonchev–Trinajstić information content (AvgIpc) is 3.61. The molecule has 4 fully saturated rings. The molecule has 3 saturated heterocycles. The van der Waals surface area contributed by atoms with Gasteiger partial charge in [-0.15, -0.1) is 0 Å². The number of hydrogen-bond acceptors (Lipinski definition) is 9. The lowest BCUT2D eigenvalue weighted by atomic mass is 9.58. The molecule has 56 heavy (non-hydrogen) atoms. The van der Waals surface area contributed by atoms with Gasteiger partial charge < -0.3 is 35.2 Å². The molecule has 0 spiro atoms. The molecule has 3 heterocycles. The summed E-state index contributed by atoms with van der Waals surface area (Å²) in [6, 6.07) is 12.2. The number of anilines is 1. The van der Waals surface area contributed by atoms with Gasteiger partial charge in [-0.3, -0.25) is 9.59 Å². The number of rotatable bonds is 12. The molecule has 3 amide bonds. The van der Waals surface area contributed by atoms with E-state index in [2.05, 4.69) is 22.1 Å². The first-order valence-corrected chi connectivity index (χ1v) is 20.7. The first kappa shape index (κ1) is 41.5. The monoisotopic (exact) mass is 803 g/mol. The lowest BCUT2D eigenvalue weighted by molar-refractivity contribution is -0.136. The molecule has 2 aromatic carbocycles. The van der Waals surface area contributed by atoms with Gasteiger partial charge in [-0.05, 0) is 98.6 Å². The number of carbonyl (C=O) groups is 3. The Morgan fingerprint density at radius 2 is 1.75 bits per heavy atom. The van der Waals surface area contributed by atoms with E-state index in [9.17, 15) is 41.1 Å². The highest BCUT2D eigenvalue weighted by molar-refractivity contribution is 7.92. The van der Waals surface area contributed by atoms with Crippen molar-refractivity contribution in [3.63, 3.8) is 0 Å². The molecule has 2 aromatic rings. The van der Waals surface area contributed by atoms with Crippen LogP contribution < -0.4 is 15.5 Å². The van der Waals surface area contributed by atoms with Crippen molar-refractivity contribution in [3.8, 4) is 0 Å². The maximum Gasteiger partial charge on any atom is 0.407 e. The number of alkyl halides is 2. The highest BCUT2D eigenvalue weighted by Gasteiger charge is 2.53. The van der Waals surface area contributed by atoms with Gasteiger partial charge in [-0.1, -0.05) is 25.1 Å². The summed E-state index contributed by atoms with van der Waals surface area (Å²) >= 11 is 0.